The lowest BCUT2D eigenvalue weighted by Gasteiger charge is -2.27. The number of esters is 1. The number of aromatic amines is 1. The number of rotatable bonds is 9. The smallest absolute Gasteiger partial charge is 0.327 e. The molecule has 0 bridgehead atoms. The zero-order valence-electron chi connectivity index (χ0n) is 20.9. The summed E-state index contributed by atoms with van der Waals surface area (Å²) >= 11 is 6.24. The maximum Gasteiger partial charge on any atom is 0.327 e. The minimum Gasteiger partial charge on any atom is -0.465 e. The van der Waals surface area contributed by atoms with Gasteiger partial charge in [0.15, 0.2) is 6.67 Å². The largest absolute Gasteiger partial charge is 0.465 e. The van der Waals surface area contributed by atoms with Gasteiger partial charge in [-0.05, 0) is 43.2 Å². The highest BCUT2D eigenvalue weighted by atomic mass is 35.5. The molecule has 0 fully saturated rings. The third-order valence-electron chi connectivity index (χ3n) is 5.55. The van der Waals surface area contributed by atoms with Crippen molar-refractivity contribution in [2.45, 2.75) is 26.8 Å². The molecule has 0 spiro atoms. The van der Waals surface area contributed by atoms with Gasteiger partial charge in [0.25, 0.3) is 23.3 Å². The topological polar surface area (TPSA) is 143 Å². The van der Waals surface area contributed by atoms with E-state index >= 15 is 0 Å². The molecular weight excluding hydrogens is 521 g/mol. The van der Waals surface area contributed by atoms with Gasteiger partial charge in [-0.15, -0.1) is 0 Å². The quantitative estimate of drug-likeness (QED) is 0.278. The molecule has 0 aliphatic heterocycles. The highest BCUT2D eigenvalue weighted by Crippen LogP contribution is 2.24. The van der Waals surface area contributed by atoms with Crippen molar-refractivity contribution in [3.8, 4) is 0 Å². The predicted octanol–water partition coefficient (Wildman–Crippen LogP) is 2.82. The number of fused-ring (bicyclic) bond motifs is 1. The van der Waals surface area contributed by atoms with E-state index in [-0.39, 0.29) is 17.9 Å². The molecule has 3 N–H and O–H groups in total. The third-order valence-corrected chi connectivity index (χ3v) is 5.85. The van der Waals surface area contributed by atoms with Gasteiger partial charge in [-0.2, -0.15) is 0 Å². The molecule has 2 heterocycles. The molecule has 0 saturated carbocycles. The van der Waals surface area contributed by atoms with Crippen LogP contribution in [0.25, 0.3) is 10.9 Å². The second-order valence-corrected chi connectivity index (χ2v) is 8.98. The maximum atomic E-state index is 13.3. The average Bonchev–Trinajstić information content (AvgIpc) is 3.35. The number of hydrogen-bond donors (Lipinski definition) is 3. The Hall–Kier alpha value is -4.19. The van der Waals surface area contributed by atoms with E-state index in [2.05, 4.69) is 15.7 Å². The van der Waals surface area contributed by atoms with Crippen LogP contribution in [0.15, 0.2) is 47.5 Å². The van der Waals surface area contributed by atoms with E-state index in [0.717, 1.165) is 4.57 Å². The average molecular weight is 548 g/mol. The van der Waals surface area contributed by atoms with Crippen molar-refractivity contribution >= 4 is 51.9 Å². The van der Waals surface area contributed by atoms with Gasteiger partial charge >= 0.3 is 5.97 Å². The van der Waals surface area contributed by atoms with Gasteiger partial charge in [0.05, 0.1) is 17.1 Å². The first-order valence-electron chi connectivity index (χ1n) is 11.7. The monoisotopic (exact) mass is 547 g/mol. The Kier molecular flexibility index (Phi) is 9.24. The van der Waals surface area contributed by atoms with Crippen molar-refractivity contribution in [3.63, 3.8) is 0 Å². The van der Waals surface area contributed by atoms with Crippen LogP contribution in [-0.4, -0.2) is 58.1 Å². The SMILES string of the molecule is CCOC(=O)CN(NC(=O)C(C(C)C)n1cccc(NC(=O)c2cc(Cl)c3[nH]ccc3c2)c1=O)C(=O)CF. The van der Waals surface area contributed by atoms with Crippen LogP contribution in [0.4, 0.5) is 10.1 Å². The molecule has 0 aliphatic rings. The number of aromatic nitrogens is 2. The Morgan fingerprint density at radius 2 is 1.95 bits per heavy atom. The fourth-order valence-electron chi connectivity index (χ4n) is 3.82. The number of hydrogen-bond acceptors (Lipinski definition) is 6. The number of pyridine rings is 1. The van der Waals surface area contributed by atoms with Crippen molar-refractivity contribution in [3.05, 3.63) is 63.7 Å². The van der Waals surface area contributed by atoms with Crippen LogP contribution in [0.1, 0.15) is 37.2 Å². The van der Waals surface area contributed by atoms with Gasteiger partial charge in [0, 0.05) is 23.3 Å². The molecule has 0 saturated heterocycles. The van der Waals surface area contributed by atoms with Crippen LogP contribution in [-0.2, 0) is 19.1 Å². The molecule has 13 heteroatoms. The fourth-order valence-corrected chi connectivity index (χ4v) is 4.10. The third kappa shape index (κ3) is 6.38. The number of benzene rings is 1. The number of anilines is 1. The second-order valence-electron chi connectivity index (χ2n) is 8.57. The number of carbonyl (C=O) groups is 4. The molecular formula is C25H27ClFN5O6. The lowest BCUT2D eigenvalue weighted by atomic mass is 10.0. The van der Waals surface area contributed by atoms with E-state index in [4.69, 9.17) is 16.3 Å². The number of alkyl halides is 1. The van der Waals surface area contributed by atoms with Crippen molar-refractivity contribution < 1.29 is 28.3 Å². The second kappa shape index (κ2) is 12.4. The zero-order chi connectivity index (χ0) is 28.0. The van der Waals surface area contributed by atoms with Crippen molar-refractivity contribution in [2.75, 3.05) is 25.1 Å². The molecule has 0 radical (unpaired) electrons. The number of halogens is 2. The van der Waals surface area contributed by atoms with Crippen LogP contribution in [0.3, 0.4) is 0 Å². The van der Waals surface area contributed by atoms with E-state index < -0.39 is 54.4 Å². The molecule has 38 heavy (non-hydrogen) atoms. The van der Waals surface area contributed by atoms with E-state index in [0.29, 0.717) is 20.9 Å². The summed E-state index contributed by atoms with van der Waals surface area (Å²) in [5.74, 6) is -3.94. The van der Waals surface area contributed by atoms with Crippen molar-refractivity contribution in [2.24, 2.45) is 5.92 Å². The number of amides is 3. The zero-order valence-corrected chi connectivity index (χ0v) is 21.7. The first-order valence-corrected chi connectivity index (χ1v) is 12.1. The summed E-state index contributed by atoms with van der Waals surface area (Å²) in [7, 11) is 0. The van der Waals surface area contributed by atoms with Gasteiger partial charge in [-0.25, -0.2) is 9.40 Å². The highest BCUT2D eigenvalue weighted by Gasteiger charge is 2.29. The van der Waals surface area contributed by atoms with Crippen LogP contribution < -0.4 is 16.3 Å². The Bertz CT molecular complexity index is 1420. The normalized spacial score (nSPS) is 11.7. The highest BCUT2D eigenvalue weighted by molar-refractivity contribution is 6.35. The first-order chi connectivity index (χ1) is 18.1. The van der Waals surface area contributed by atoms with E-state index in [1.165, 1.54) is 24.4 Å². The Balaban J connectivity index is 1.87. The molecule has 3 aromatic rings. The summed E-state index contributed by atoms with van der Waals surface area (Å²) < 4.78 is 18.9. The molecule has 2 aromatic heterocycles. The molecule has 1 atom stereocenters. The molecule has 3 rings (SSSR count). The minimum atomic E-state index is -1.47. The Morgan fingerprint density at radius 1 is 1.21 bits per heavy atom. The van der Waals surface area contributed by atoms with Crippen LogP contribution >= 0.6 is 11.6 Å². The summed E-state index contributed by atoms with van der Waals surface area (Å²) in [4.78, 5) is 66.1. The Morgan fingerprint density at radius 3 is 2.61 bits per heavy atom. The fraction of sp³-hybridized carbons (Fsp3) is 0.320. The van der Waals surface area contributed by atoms with E-state index in [1.807, 2.05) is 0 Å². The van der Waals surface area contributed by atoms with Gasteiger partial charge in [0.1, 0.15) is 18.3 Å². The number of H-pyrrole nitrogens is 1. The standard InChI is InChI=1S/C25H27ClFN5O6/c1-4-38-20(34)13-32(19(33)12-27)30-24(36)22(14(2)3)31-9-5-6-18(25(31)37)29-23(35)16-10-15-7-8-28-21(15)17(26)11-16/h5-11,14,22,28H,4,12-13H2,1-3H3,(H,29,35)(H,30,36). The minimum absolute atomic E-state index is 0.0260. The summed E-state index contributed by atoms with van der Waals surface area (Å²) in [6, 6.07) is 6.48. The van der Waals surface area contributed by atoms with E-state index in [1.54, 1.807) is 39.1 Å². The molecule has 11 nitrogen and oxygen atoms in total. The number of hydrazine groups is 1. The number of nitrogens with one attached hydrogen (secondary N) is 3. The lowest BCUT2D eigenvalue weighted by molar-refractivity contribution is -0.154. The van der Waals surface area contributed by atoms with Gasteiger partial charge in [-0.3, -0.25) is 29.4 Å². The predicted molar refractivity (Wildman–Crippen MR) is 138 cm³/mol. The summed E-state index contributed by atoms with van der Waals surface area (Å²) in [6.45, 7) is 2.71. The Labute approximate surface area is 221 Å². The molecule has 3 amide bonds. The summed E-state index contributed by atoms with van der Waals surface area (Å²) in [5.41, 5.74) is 2.29. The first kappa shape index (κ1) is 28.4. The van der Waals surface area contributed by atoms with Gasteiger partial charge < -0.3 is 19.6 Å². The number of ether oxygens (including phenoxy) is 1. The van der Waals surface area contributed by atoms with Crippen molar-refractivity contribution in [1.29, 1.82) is 0 Å². The van der Waals surface area contributed by atoms with Crippen molar-refractivity contribution in [1.82, 2.24) is 20.0 Å². The molecule has 1 unspecified atom stereocenters. The van der Waals surface area contributed by atoms with E-state index in [9.17, 15) is 28.4 Å². The number of carbonyl (C=O) groups excluding carboxylic acids is 4. The molecule has 0 aliphatic carbocycles. The molecule has 202 valence electrons. The van der Waals surface area contributed by atoms with Crippen LogP contribution in [0.2, 0.25) is 5.02 Å². The maximum absolute atomic E-state index is 13.3. The van der Waals surface area contributed by atoms with Crippen LogP contribution in [0.5, 0.6) is 0 Å². The number of nitrogens with zero attached hydrogens (tertiary/aromatic N) is 2. The van der Waals surface area contributed by atoms with Gasteiger partial charge in [0.2, 0.25) is 0 Å². The lowest BCUT2D eigenvalue weighted by Crippen LogP contribution is -2.53. The summed E-state index contributed by atoms with van der Waals surface area (Å²) in [5, 5.41) is 4.09. The summed E-state index contributed by atoms with van der Waals surface area (Å²) in [6.07, 6.45) is 3.03. The van der Waals surface area contributed by atoms with Gasteiger partial charge in [-0.1, -0.05) is 25.4 Å². The van der Waals surface area contributed by atoms with Crippen LogP contribution in [0, 0.1) is 5.92 Å². The molecule has 1 aromatic carbocycles.